The maximum absolute atomic E-state index is 3.41. The molecule has 0 saturated carbocycles. The zero-order chi connectivity index (χ0) is 12.6. The zero-order valence-corrected chi connectivity index (χ0v) is 11.6. The Morgan fingerprint density at radius 2 is 1.94 bits per heavy atom. The van der Waals surface area contributed by atoms with Crippen LogP contribution in [0.15, 0.2) is 24.4 Å². The smallest absolute Gasteiger partial charge is 0.0459 e. The Morgan fingerprint density at radius 3 is 2.53 bits per heavy atom. The lowest BCUT2D eigenvalue weighted by atomic mass is 9.86. The van der Waals surface area contributed by atoms with Gasteiger partial charge in [0, 0.05) is 17.1 Å². The predicted octanol–water partition coefficient (Wildman–Crippen LogP) is 4.98. The minimum absolute atomic E-state index is 0.205. The van der Waals surface area contributed by atoms with Gasteiger partial charge < -0.3 is 4.98 Å². The Morgan fingerprint density at radius 1 is 1.24 bits per heavy atom. The van der Waals surface area contributed by atoms with Gasteiger partial charge in [-0.2, -0.15) is 0 Å². The summed E-state index contributed by atoms with van der Waals surface area (Å²) in [6.07, 6.45) is 3.35. The van der Waals surface area contributed by atoms with Gasteiger partial charge >= 0.3 is 0 Å². The van der Waals surface area contributed by atoms with Crippen molar-refractivity contribution < 1.29 is 0 Å². The van der Waals surface area contributed by atoms with Gasteiger partial charge in [-0.3, -0.25) is 0 Å². The van der Waals surface area contributed by atoms with E-state index in [0.717, 1.165) is 0 Å². The van der Waals surface area contributed by atoms with E-state index in [0.29, 0.717) is 5.92 Å². The average molecular weight is 229 g/mol. The maximum Gasteiger partial charge on any atom is 0.0459 e. The molecule has 0 spiro atoms. The SMILES string of the molecule is CCC(C)c1ccc2c(C(C)(C)C)c[nH]c2c1. The van der Waals surface area contributed by atoms with E-state index in [9.17, 15) is 0 Å². The van der Waals surface area contributed by atoms with Crippen LogP contribution in [0.25, 0.3) is 10.9 Å². The van der Waals surface area contributed by atoms with Crippen LogP contribution in [0.1, 0.15) is 58.1 Å². The number of nitrogens with one attached hydrogen (secondary N) is 1. The quantitative estimate of drug-likeness (QED) is 0.747. The summed E-state index contributed by atoms with van der Waals surface area (Å²) in [7, 11) is 0. The van der Waals surface area contributed by atoms with Crippen LogP contribution in [-0.4, -0.2) is 4.98 Å². The first-order chi connectivity index (χ1) is 7.93. The molecule has 0 radical (unpaired) electrons. The minimum Gasteiger partial charge on any atom is -0.361 e. The molecule has 0 saturated heterocycles. The van der Waals surface area contributed by atoms with Crippen LogP contribution in [0, 0.1) is 0 Å². The van der Waals surface area contributed by atoms with E-state index >= 15 is 0 Å². The van der Waals surface area contributed by atoms with Crippen molar-refractivity contribution in [1.29, 1.82) is 0 Å². The summed E-state index contributed by atoms with van der Waals surface area (Å²) in [6.45, 7) is 11.3. The second-order valence-electron chi connectivity index (χ2n) is 6.07. The fraction of sp³-hybridized carbons (Fsp3) is 0.500. The molecule has 1 heteroatoms. The van der Waals surface area contributed by atoms with E-state index in [1.807, 2.05) is 0 Å². The fourth-order valence-electron chi connectivity index (χ4n) is 2.31. The number of benzene rings is 1. The first kappa shape index (κ1) is 12.2. The van der Waals surface area contributed by atoms with Crippen molar-refractivity contribution in [2.24, 2.45) is 0 Å². The molecule has 1 unspecified atom stereocenters. The number of hydrogen-bond donors (Lipinski definition) is 1. The van der Waals surface area contributed by atoms with Gasteiger partial charge in [0.05, 0.1) is 0 Å². The Kier molecular flexibility index (Phi) is 3.03. The largest absolute Gasteiger partial charge is 0.361 e. The van der Waals surface area contributed by atoms with Crippen LogP contribution in [0.5, 0.6) is 0 Å². The highest BCUT2D eigenvalue weighted by molar-refractivity contribution is 5.84. The van der Waals surface area contributed by atoms with Gasteiger partial charge in [-0.1, -0.05) is 46.8 Å². The van der Waals surface area contributed by atoms with Crippen molar-refractivity contribution in [2.75, 3.05) is 0 Å². The zero-order valence-electron chi connectivity index (χ0n) is 11.6. The molecular weight excluding hydrogens is 206 g/mol. The molecule has 0 amide bonds. The second kappa shape index (κ2) is 4.21. The molecule has 1 aromatic heterocycles. The van der Waals surface area contributed by atoms with Crippen LogP contribution in [0.2, 0.25) is 0 Å². The first-order valence-corrected chi connectivity index (χ1v) is 6.55. The second-order valence-corrected chi connectivity index (χ2v) is 6.07. The number of rotatable bonds is 2. The Bertz CT molecular complexity index is 514. The van der Waals surface area contributed by atoms with Crippen LogP contribution in [0.3, 0.4) is 0 Å². The van der Waals surface area contributed by atoms with E-state index in [1.54, 1.807) is 0 Å². The topological polar surface area (TPSA) is 15.8 Å². The molecule has 2 rings (SSSR count). The van der Waals surface area contributed by atoms with E-state index < -0.39 is 0 Å². The lowest BCUT2D eigenvalue weighted by Crippen LogP contribution is -2.09. The number of H-pyrrole nitrogens is 1. The van der Waals surface area contributed by atoms with E-state index in [2.05, 4.69) is 64.0 Å². The van der Waals surface area contributed by atoms with Crippen LogP contribution in [0.4, 0.5) is 0 Å². The van der Waals surface area contributed by atoms with Gasteiger partial charge in [-0.15, -0.1) is 0 Å². The van der Waals surface area contributed by atoms with E-state index in [-0.39, 0.29) is 5.41 Å². The number of hydrogen-bond acceptors (Lipinski definition) is 0. The van der Waals surface area contributed by atoms with Crippen molar-refractivity contribution in [1.82, 2.24) is 4.98 Å². The Hall–Kier alpha value is -1.24. The highest BCUT2D eigenvalue weighted by Gasteiger charge is 2.18. The lowest BCUT2D eigenvalue weighted by Gasteiger charge is -2.17. The van der Waals surface area contributed by atoms with Crippen molar-refractivity contribution in [3.8, 4) is 0 Å². The predicted molar refractivity (Wildman–Crippen MR) is 75.7 cm³/mol. The van der Waals surface area contributed by atoms with E-state index in [4.69, 9.17) is 0 Å². The summed E-state index contributed by atoms with van der Waals surface area (Å²) in [6, 6.07) is 6.85. The molecule has 1 aromatic carbocycles. The average Bonchev–Trinajstić information content (AvgIpc) is 2.70. The van der Waals surface area contributed by atoms with Gasteiger partial charge in [0.2, 0.25) is 0 Å². The molecule has 0 aliphatic heterocycles. The fourth-order valence-corrected chi connectivity index (χ4v) is 2.31. The van der Waals surface area contributed by atoms with Gasteiger partial charge in [-0.05, 0) is 34.9 Å². The molecule has 1 N–H and O–H groups in total. The Balaban J connectivity index is 2.52. The van der Waals surface area contributed by atoms with Crippen LogP contribution in [-0.2, 0) is 5.41 Å². The minimum atomic E-state index is 0.205. The van der Waals surface area contributed by atoms with Gasteiger partial charge in [0.1, 0.15) is 0 Å². The van der Waals surface area contributed by atoms with Gasteiger partial charge in [-0.25, -0.2) is 0 Å². The highest BCUT2D eigenvalue weighted by Crippen LogP contribution is 2.31. The molecular formula is C16H23N. The van der Waals surface area contributed by atoms with E-state index in [1.165, 1.54) is 28.5 Å². The summed E-state index contributed by atoms with van der Waals surface area (Å²) in [5.41, 5.74) is 4.31. The Labute approximate surface area is 104 Å². The summed E-state index contributed by atoms with van der Waals surface area (Å²) in [5.74, 6) is 0.640. The molecule has 1 atom stereocenters. The highest BCUT2D eigenvalue weighted by atomic mass is 14.7. The number of aromatic amines is 1. The molecule has 17 heavy (non-hydrogen) atoms. The third-order valence-corrected chi connectivity index (χ3v) is 3.70. The van der Waals surface area contributed by atoms with Crippen molar-refractivity contribution in [3.05, 3.63) is 35.5 Å². The molecule has 1 nitrogen and oxygen atoms in total. The monoisotopic (exact) mass is 229 g/mol. The van der Waals surface area contributed by atoms with Crippen LogP contribution < -0.4 is 0 Å². The summed E-state index contributed by atoms with van der Waals surface area (Å²) in [5, 5.41) is 1.37. The van der Waals surface area contributed by atoms with Gasteiger partial charge in [0.25, 0.3) is 0 Å². The summed E-state index contributed by atoms with van der Waals surface area (Å²) < 4.78 is 0. The molecule has 92 valence electrons. The molecule has 0 fully saturated rings. The number of fused-ring (bicyclic) bond motifs is 1. The van der Waals surface area contributed by atoms with Crippen molar-refractivity contribution in [2.45, 2.75) is 52.4 Å². The molecule has 0 aliphatic carbocycles. The first-order valence-electron chi connectivity index (χ1n) is 6.55. The third-order valence-electron chi connectivity index (χ3n) is 3.70. The normalized spacial score (nSPS) is 14.2. The lowest BCUT2D eigenvalue weighted by molar-refractivity contribution is 0.596. The summed E-state index contributed by atoms with van der Waals surface area (Å²) in [4.78, 5) is 3.41. The number of aromatic nitrogens is 1. The maximum atomic E-state index is 3.41. The standard InChI is InChI=1S/C16H23N/c1-6-11(2)12-7-8-13-14(16(3,4)5)10-17-15(13)9-12/h7-11,17H,6H2,1-5H3. The molecule has 2 aromatic rings. The molecule has 1 heterocycles. The van der Waals surface area contributed by atoms with Crippen molar-refractivity contribution in [3.63, 3.8) is 0 Å². The van der Waals surface area contributed by atoms with Crippen LogP contribution >= 0.6 is 0 Å². The van der Waals surface area contributed by atoms with Crippen molar-refractivity contribution >= 4 is 10.9 Å². The third kappa shape index (κ3) is 2.24. The summed E-state index contributed by atoms with van der Waals surface area (Å²) >= 11 is 0. The van der Waals surface area contributed by atoms with Gasteiger partial charge in [0.15, 0.2) is 0 Å². The molecule has 0 bridgehead atoms. The molecule has 0 aliphatic rings.